The van der Waals surface area contributed by atoms with E-state index in [2.05, 4.69) is 49.7 Å². The van der Waals surface area contributed by atoms with Gasteiger partial charge in [-0.2, -0.15) is 0 Å². The molecule has 0 aromatic heterocycles. The van der Waals surface area contributed by atoms with Gasteiger partial charge in [0.25, 0.3) is 0 Å². The highest BCUT2D eigenvalue weighted by Crippen LogP contribution is 2.48. The Morgan fingerprint density at radius 1 is 0.586 bits per heavy atom. The van der Waals surface area contributed by atoms with Gasteiger partial charge in [0.1, 0.15) is 0 Å². The summed E-state index contributed by atoms with van der Waals surface area (Å²) in [5.74, 6) is 2.99. The van der Waals surface area contributed by atoms with E-state index in [1.807, 2.05) is 24.3 Å². The van der Waals surface area contributed by atoms with E-state index in [-0.39, 0.29) is 0 Å². The van der Waals surface area contributed by atoms with Gasteiger partial charge in [-0.25, -0.2) is 0 Å². The molecule has 0 radical (unpaired) electrons. The summed E-state index contributed by atoms with van der Waals surface area (Å²) < 4.78 is 25.2. The first-order valence-electron chi connectivity index (χ1n) is 10.6. The van der Waals surface area contributed by atoms with Crippen molar-refractivity contribution in [2.24, 2.45) is 0 Å². The molecular formula is C24H33BrO4. The number of benzene rings is 2. The molecule has 0 unspecified atom stereocenters. The quantitative estimate of drug-likeness (QED) is 0.312. The van der Waals surface area contributed by atoms with Gasteiger partial charge >= 0.3 is 0 Å². The molecule has 0 spiro atoms. The molecule has 0 N–H and O–H groups in total. The lowest BCUT2D eigenvalue weighted by Crippen LogP contribution is -2.05. The van der Waals surface area contributed by atoms with Crippen LogP contribution in [-0.2, 0) is 0 Å². The van der Waals surface area contributed by atoms with Crippen LogP contribution in [0.1, 0.15) is 53.4 Å². The molecule has 0 aliphatic carbocycles. The Hall–Kier alpha value is -1.88. The molecule has 2 aromatic rings. The molecule has 0 saturated heterocycles. The fourth-order valence-electron chi connectivity index (χ4n) is 2.84. The molecule has 0 atom stereocenters. The van der Waals surface area contributed by atoms with Crippen molar-refractivity contribution < 1.29 is 18.9 Å². The lowest BCUT2D eigenvalue weighted by molar-refractivity contribution is 0.265. The first-order valence-corrected chi connectivity index (χ1v) is 11.4. The summed E-state index contributed by atoms with van der Waals surface area (Å²) >= 11 is 3.62. The van der Waals surface area contributed by atoms with E-state index in [1.165, 1.54) is 0 Å². The molecule has 4 nitrogen and oxygen atoms in total. The lowest BCUT2D eigenvalue weighted by atomic mass is 10.0. The number of ether oxygens (including phenoxy) is 4. The van der Waals surface area contributed by atoms with Crippen LogP contribution in [0.2, 0.25) is 0 Å². The van der Waals surface area contributed by atoms with Crippen LogP contribution in [0, 0.1) is 0 Å². The van der Waals surface area contributed by atoms with E-state index in [4.69, 9.17) is 18.9 Å². The molecule has 2 aromatic carbocycles. The molecule has 0 aliphatic rings. The molecule has 0 aliphatic heterocycles. The second-order valence-electron chi connectivity index (χ2n) is 6.78. The fourth-order valence-corrected chi connectivity index (χ4v) is 3.27. The predicted molar refractivity (Wildman–Crippen MR) is 123 cm³/mol. The summed E-state index contributed by atoms with van der Waals surface area (Å²) in [5, 5.41) is 0. The van der Waals surface area contributed by atoms with Crippen LogP contribution in [0.25, 0.3) is 11.1 Å². The Labute approximate surface area is 183 Å². The zero-order chi connectivity index (χ0) is 21.1. The van der Waals surface area contributed by atoms with E-state index in [0.29, 0.717) is 26.4 Å². The summed E-state index contributed by atoms with van der Waals surface area (Å²) in [4.78, 5) is 0. The Bertz CT molecular complexity index is 761. The average Bonchev–Trinajstić information content (AvgIpc) is 2.74. The van der Waals surface area contributed by atoms with E-state index >= 15 is 0 Å². The molecule has 0 saturated carbocycles. The van der Waals surface area contributed by atoms with Gasteiger partial charge in [-0.1, -0.05) is 39.8 Å². The third kappa shape index (κ3) is 6.30. The summed E-state index contributed by atoms with van der Waals surface area (Å²) in [7, 11) is 0. The van der Waals surface area contributed by atoms with Crippen LogP contribution in [-0.4, -0.2) is 26.4 Å². The SMILES string of the molecule is CCCOc1cccc(-c2ccc(Br)c(OCCC)c2OCCC)c1OCCC. The monoisotopic (exact) mass is 464 g/mol. The maximum absolute atomic E-state index is 6.18. The molecule has 29 heavy (non-hydrogen) atoms. The number of para-hydroxylation sites is 1. The smallest absolute Gasteiger partial charge is 0.175 e. The maximum Gasteiger partial charge on any atom is 0.175 e. The van der Waals surface area contributed by atoms with Crippen molar-refractivity contribution in [1.82, 2.24) is 0 Å². The van der Waals surface area contributed by atoms with Crippen molar-refractivity contribution >= 4 is 15.9 Å². The van der Waals surface area contributed by atoms with Gasteiger partial charge in [-0.3, -0.25) is 0 Å². The Balaban J connectivity index is 2.61. The van der Waals surface area contributed by atoms with Gasteiger partial charge in [-0.15, -0.1) is 0 Å². The standard InChI is InChI=1S/C24H33BrO4/c1-5-14-26-21-11-9-10-18(22(21)27-15-6-2)19-12-13-20(25)24(29-17-8-4)23(19)28-16-7-3/h9-13H,5-8,14-17H2,1-4H3. The predicted octanol–water partition coefficient (Wildman–Crippen LogP) is 7.27. The summed E-state index contributed by atoms with van der Waals surface area (Å²) in [6.45, 7) is 10.9. The van der Waals surface area contributed by atoms with Gasteiger partial charge in [0, 0.05) is 11.1 Å². The van der Waals surface area contributed by atoms with E-state index < -0.39 is 0 Å². The minimum absolute atomic E-state index is 0.614. The van der Waals surface area contributed by atoms with Gasteiger partial charge in [0.05, 0.1) is 30.9 Å². The summed E-state index contributed by atoms with van der Waals surface area (Å²) in [6, 6.07) is 10.1. The van der Waals surface area contributed by atoms with Crippen LogP contribution in [0.5, 0.6) is 23.0 Å². The third-order valence-electron chi connectivity index (χ3n) is 4.15. The summed E-state index contributed by atoms with van der Waals surface area (Å²) in [5.41, 5.74) is 1.90. The Morgan fingerprint density at radius 2 is 1.10 bits per heavy atom. The minimum atomic E-state index is 0.614. The van der Waals surface area contributed by atoms with Crippen LogP contribution in [0.15, 0.2) is 34.8 Å². The number of halogens is 1. The first kappa shape index (κ1) is 23.4. The second-order valence-corrected chi connectivity index (χ2v) is 7.63. The van der Waals surface area contributed by atoms with Crippen molar-refractivity contribution in [3.8, 4) is 34.1 Å². The van der Waals surface area contributed by atoms with E-state index in [1.54, 1.807) is 0 Å². The lowest BCUT2D eigenvalue weighted by Gasteiger charge is -2.21. The van der Waals surface area contributed by atoms with Gasteiger partial charge in [-0.05, 0) is 59.8 Å². The Morgan fingerprint density at radius 3 is 1.72 bits per heavy atom. The molecular weight excluding hydrogens is 432 g/mol. The summed E-state index contributed by atoms with van der Waals surface area (Å²) in [6.07, 6.45) is 3.70. The Kier molecular flexibility index (Phi) is 10.2. The molecule has 0 amide bonds. The highest BCUT2D eigenvalue weighted by atomic mass is 79.9. The van der Waals surface area contributed by atoms with Crippen molar-refractivity contribution in [1.29, 1.82) is 0 Å². The van der Waals surface area contributed by atoms with Crippen LogP contribution in [0.4, 0.5) is 0 Å². The van der Waals surface area contributed by atoms with Gasteiger partial charge in [0.2, 0.25) is 0 Å². The minimum Gasteiger partial charge on any atom is -0.490 e. The molecule has 0 bridgehead atoms. The normalized spacial score (nSPS) is 10.7. The van der Waals surface area contributed by atoms with Crippen molar-refractivity contribution in [2.75, 3.05) is 26.4 Å². The highest BCUT2D eigenvalue weighted by molar-refractivity contribution is 9.10. The zero-order valence-electron chi connectivity index (χ0n) is 18.1. The zero-order valence-corrected chi connectivity index (χ0v) is 19.6. The van der Waals surface area contributed by atoms with Crippen molar-refractivity contribution in [3.05, 3.63) is 34.8 Å². The third-order valence-corrected chi connectivity index (χ3v) is 4.77. The molecule has 2 rings (SSSR count). The molecule has 0 heterocycles. The van der Waals surface area contributed by atoms with Gasteiger partial charge < -0.3 is 18.9 Å². The number of hydrogen-bond acceptors (Lipinski definition) is 4. The first-order chi connectivity index (χ1) is 14.2. The molecule has 0 fully saturated rings. The van der Waals surface area contributed by atoms with E-state index in [9.17, 15) is 0 Å². The highest BCUT2D eigenvalue weighted by Gasteiger charge is 2.21. The maximum atomic E-state index is 6.18. The van der Waals surface area contributed by atoms with E-state index in [0.717, 1.165) is 64.3 Å². The fraction of sp³-hybridized carbons (Fsp3) is 0.500. The van der Waals surface area contributed by atoms with Crippen LogP contribution >= 0.6 is 15.9 Å². The van der Waals surface area contributed by atoms with Crippen molar-refractivity contribution in [3.63, 3.8) is 0 Å². The van der Waals surface area contributed by atoms with Crippen LogP contribution in [0.3, 0.4) is 0 Å². The van der Waals surface area contributed by atoms with Crippen LogP contribution < -0.4 is 18.9 Å². The second kappa shape index (κ2) is 12.6. The number of hydrogen-bond donors (Lipinski definition) is 0. The van der Waals surface area contributed by atoms with Gasteiger partial charge in [0.15, 0.2) is 23.0 Å². The topological polar surface area (TPSA) is 36.9 Å². The largest absolute Gasteiger partial charge is 0.490 e. The molecule has 5 heteroatoms. The number of rotatable bonds is 13. The molecule has 160 valence electrons. The average molecular weight is 465 g/mol. The van der Waals surface area contributed by atoms with Crippen molar-refractivity contribution in [2.45, 2.75) is 53.4 Å².